The van der Waals surface area contributed by atoms with Crippen LogP contribution in [0.3, 0.4) is 0 Å². The number of pyridine rings is 2. The van der Waals surface area contributed by atoms with Gasteiger partial charge in [-0.1, -0.05) is 54.6 Å². The standard InChI is InChI=1S/C24H18N4O/c29-24(28-26-14-6-9-18-7-2-1-3-8-18)21-17-23(19-12-15-25-16-13-19)27-22-11-5-4-10-20(21)22/h1-17H,(H,28,29)/b9-6+,26-14+. The molecule has 0 unspecified atom stereocenters. The van der Waals surface area contributed by atoms with Crippen LogP contribution in [0.2, 0.25) is 0 Å². The van der Waals surface area contributed by atoms with E-state index in [9.17, 15) is 4.79 Å². The summed E-state index contributed by atoms with van der Waals surface area (Å²) >= 11 is 0. The van der Waals surface area contributed by atoms with Crippen molar-refractivity contribution in [2.24, 2.45) is 5.10 Å². The van der Waals surface area contributed by atoms with E-state index in [-0.39, 0.29) is 5.91 Å². The maximum Gasteiger partial charge on any atom is 0.272 e. The van der Waals surface area contributed by atoms with E-state index in [0.29, 0.717) is 11.3 Å². The molecule has 0 aliphatic carbocycles. The maximum absolute atomic E-state index is 12.8. The number of fused-ring (bicyclic) bond motifs is 1. The number of carbonyl (C=O) groups excluding carboxylic acids is 1. The topological polar surface area (TPSA) is 67.2 Å². The van der Waals surface area contributed by atoms with Gasteiger partial charge >= 0.3 is 0 Å². The monoisotopic (exact) mass is 378 g/mol. The Hall–Kier alpha value is -4.12. The summed E-state index contributed by atoms with van der Waals surface area (Å²) in [5, 5.41) is 4.81. The van der Waals surface area contributed by atoms with E-state index in [0.717, 1.165) is 22.0 Å². The average molecular weight is 378 g/mol. The van der Waals surface area contributed by atoms with Crippen LogP contribution in [0, 0.1) is 0 Å². The quantitative estimate of drug-likeness (QED) is 0.403. The zero-order chi connectivity index (χ0) is 19.9. The number of para-hydroxylation sites is 1. The number of hydrazone groups is 1. The largest absolute Gasteiger partial charge is 0.272 e. The van der Waals surface area contributed by atoms with Crippen LogP contribution in [0.15, 0.2) is 96.4 Å². The van der Waals surface area contributed by atoms with Gasteiger partial charge in [0.05, 0.1) is 16.8 Å². The van der Waals surface area contributed by atoms with Crippen molar-refractivity contribution < 1.29 is 4.79 Å². The molecule has 0 fully saturated rings. The highest BCUT2D eigenvalue weighted by molar-refractivity contribution is 6.07. The lowest BCUT2D eigenvalue weighted by Gasteiger charge is -2.08. The smallest absolute Gasteiger partial charge is 0.267 e. The zero-order valence-corrected chi connectivity index (χ0v) is 15.6. The van der Waals surface area contributed by atoms with Gasteiger partial charge in [-0.25, -0.2) is 10.4 Å². The summed E-state index contributed by atoms with van der Waals surface area (Å²) < 4.78 is 0. The van der Waals surface area contributed by atoms with Crippen LogP contribution in [-0.2, 0) is 0 Å². The summed E-state index contributed by atoms with van der Waals surface area (Å²) in [6.45, 7) is 0. The Morgan fingerprint density at radius 2 is 1.69 bits per heavy atom. The normalized spacial score (nSPS) is 11.3. The van der Waals surface area contributed by atoms with Crippen LogP contribution in [-0.4, -0.2) is 22.1 Å². The minimum absolute atomic E-state index is 0.289. The lowest BCUT2D eigenvalue weighted by molar-refractivity contribution is 0.0957. The second-order valence-electron chi connectivity index (χ2n) is 6.30. The number of carbonyl (C=O) groups is 1. The second kappa shape index (κ2) is 8.71. The van der Waals surface area contributed by atoms with Crippen molar-refractivity contribution in [2.45, 2.75) is 0 Å². The van der Waals surface area contributed by atoms with Gasteiger partial charge in [0, 0.05) is 29.6 Å². The number of aromatic nitrogens is 2. The Bertz CT molecular complexity index is 1190. The number of rotatable bonds is 5. The summed E-state index contributed by atoms with van der Waals surface area (Å²) in [5.74, 6) is -0.289. The van der Waals surface area contributed by atoms with Gasteiger partial charge in [-0.2, -0.15) is 5.10 Å². The molecule has 4 aromatic rings. The highest BCUT2D eigenvalue weighted by Gasteiger charge is 2.13. The van der Waals surface area contributed by atoms with Gasteiger partial charge in [0.2, 0.25) is 0 Å². The molecule has 2 aromatic heterocycles. The molecule has 0 spiro atoms. The molecule has 4 rings (SSSR count). The first-order chi connectivity index (χ1) is 14.3. The molecule has 0 radical (unpaired) electrons. The highest BCUT2D eigenvalue weighted by Crippen LogP contribution is 2.24. The third-order valence-corrected chi connectivity index (χ3v) is 4.35. The van der Waals surface area contributed by atoms with Gasteiger partial charge in [0.1, 0.15) is 0 Å². The van der Waals surface area contributed by atoms with E-state index in [2.05, 4.69) is 20.5 Å². The molecule has 5 nitrogen and oxygen atoms in total. The number of nitrogens with zero attached hydrogens (tertiary/aromatic N) is 3. The summed E-state index contributed by atoms with van der Waals surface area (Å²) in [7, 11) is 0. The van der Waals surface area contributed by atoms with Gasteiger partial charge in [-0.05, 0) is 35.9 Å². The SMILES string of the molecule is O=C(N/N=C/C=C/c1ccccc1)c1cc(-c2ccncc2)nc2ccccc12. The molecule has 0 bridgehead atoms. The van der Waals surface area contributed by atoms with Gasteiger partial charge < -0.3 is 0 Å². The minimum atomic E-state index is -0.289. The Morgan fingerprint density at radius 1 is 0.931 bits per heavy atom. The lowest BCUT2D eigenvalue weighted by Crippen LogP contribution is -2.18. The van der Waals surface area contributed by atoms with E-state index in [1.807, 2.05) is 72.8 Å². The molecule has 0 saturated heterocycles. The van der Waals surface area contributed by atoms with Gasteiger partial charge in [0.15, 0.2) is 0 Å². The molecular weight excluding hydrogens is 360 g/mol. The van der Waals surface area contributed by atoms with Crippen molar-refractivity contribution in [3.05, 3.63) is 102 Å². The van der Waals surface area contributed by atoms with Crippen molar-refractivity contribution in [1.29, 1.82) is 0 Å². The van der Waals surface area contributed by atoms with E-state index in [1.54, 1.807) is 30.8 Å². The predicted molar refractivity (Wildman–Crippen MR) is 116 cm³/mol. The lowest BCUT2D eigenvalue weighted by atomic mass is 10.0. The van der Waals surface area contributed by atoms with E-state index in [1.165, 1.54) is 0 Å². The van der Waals surface area contributed by atoms with E-state index >= 15 is 0 Å². The van der Waals surface area contributed by atoms with Crippen molar-refractivity contribution in [2.75, 3.05) is 0 Å². The molecule has 5 heteroatoms. The van der Waals surface area contributed by atoms with Crippen LogP contribution in [0.5, 0.6) is 0 Å². The van der Waals surface area contributed by atoms with E-state index in [4.69, 9.17) is 0 Å². The summed E-state index contributed by atoms with van der Waals surface area (Å²) in [6.07, 6.45) is 8.66. The van der Waals surface area contributed by atoms with Crippen LogP contribution < -0.4 is 5.43 Å². The van der Waals surface area contributed by atoms with Crippen molar-refractivity contribution in [3.8, 4) is 11.3 Å². The number of nitrogens with one attached hydrogen (secondary N) is 1. The Balaban J connectivity index is 1.58. The molecule has 1 N–H and O–H groups in total. The molecule has 2 heterocycles. The molecule has 0 aliphatic heterocycles. The van der Waals surface area contributed by atoms with Crippen LogP contribution in [0.1, 0.15) is 15.9 Å². The number of allylic oxidation sites excluding steroid dienone is 1. The van der Waals surface area contributed by atoms with Crippen LogP contribution >= 0.6 is 0 Å². The molecule has 1 amide bonds. The maximum atomic E-state index is 12.8. The third kappa shape index (κ3) is 4.42. The van der Waals surface area contributed by atoms with Crippen molar-refractivity contribution >= 4 is 29.1 Å². The summed E-state index contributed by atoms with van der Waals surface area (Å²) in [4.78, 5) is 21.5. The fourth-order valence-electron chi connectivity index (χ4n) is 2.95. The fourth-order valence-corrected chi connectivity index (χ4v) is 2.95. The Labute approximate surface area is 168 Å². The van der Waals surface area contributed by atoms with Gasteiger partial charge in [-0.15, -0.1) is 0 Å². The number of benzene rings is 2. The summed E-state index contributed by atoms with van der Waals surface area (Å²) in [6, 6.07) is 23.0. The highest BCUT2D eigenvalue weighted by atomic mass is 16.2. The number of amides is 1. The van der Waals surface area contributed by atoms with Crippen molar-refractivity contribution in [1.82, 2.24) is 15.4 Å². The predicted octanol–water partition coefficient (Wildman–Crippen LogP) is 4.73. The molecule has 0 aliphatic rings. The summed E-state index contributed by atoms with van der Waals surface area (Å²) in [5.41, 5.74) is 6.54. The third-order valence-electron chi connectivity index (χ3n) is 4.35. The first kappa shape index (κ1) is 18.3. The minimum Gasteiger partial charge on any atom is -0.267 e. The number of hydrogen-bond donors (Lipinski definition) is 1. The molecule has 2 aromatic carbocycles. The van der Waals surface area contributed by atoms with Crippen LogP contribution in [0.25, 0.3) is 28.2 Å². The van der Waals surface area contributed by atoms with Crippen molar-refractivity contribution in [3.63, 3.8) is 0 Å². The second-order valence-corrected chi connectivity index (χ2v) is 6.30. The average Bonchev–Trinajstić information content (AvgIpc) is 2.79. The fraction of sp³-hybridized carbons (Fsp3) is 0. The van der Waals surface area contributed by atoms with Gasteiger partial charge in [0.25, 0.3) is 5.91 Å². The molecular formula is C24H18N4O. The molecule has 0 saturated carbocycles. The molecule has 0 atom stereocenters. The van der Waals surface area contributed by atoms with Gasteiger partial charge in [-0.3, -0.25) is 9.78 Å². The first-order valence-electron chi connectivity index (χ1n) is 9.16. The van der Waals surface area contributed by atoms with Crippen LogP contribution in [0.4, 0.5) is 0 Å². The Kier molecular flexibility index (Phi) is 5.48. The molecule has 29 heavy (non-hydrogen) atoms. The van der Waals surface area contributed by atoms with E-state index < -0.39 is 0 Å². The zero-order valence-electron chi connectivity index (χ0n) is 15.6. The Morgan fingerprint density at radius 3 is 2.52 bits per heavy atom. The first-order valence-corrected chi connectivity index (χ1v) is 9.16. The molecule has 140 valence electrons. The number of hydrogen-bond acceptors (Lipinski definition) is 4.